The molecule has 0 heterocycles. The molecule has 0 fully saturated rings. The summed E-state index contributed by atoms with van der Waals surface area (Å²) in [7, 11) is 0. The second-order valence-corrected chi connectivity index (χ2v) is 11.0. The van der Waals surface area contributed by atoms with Gasteiger partial charge >= 0.3 is 11.9 Å². The minimum atomic E-state index is -1.00. The number of carboxylic acid groups (broad SMARTS) is 1. The third kappa shape index (κ3) is 26.0. The van der Waals surface area contributed by atoms with Gasteiger partial charge in [-0.3, -0.25) is 4.79 Å². The number of hydrogen-bond acceptors (Lipinski definition) is 3. The van der Waals surface area contributed by atoms with Gasteiger partial charge in [0.25, 0.3) is 0 Å². The number of hydrogen-bond donors (Lipinski definition) is 1. The molecule has 0 radical (unpaired) electrons. The van der Waals surface area contributed by atoms with E-state index in [2.05, 4.69) is 13.8 Å². The third-order valence-corrected chi connectivity index (χ3v) is 7.35. The molecule has 0 rings (SSSR count). The number of aliphatic carboxylic acids is 1. The summed E-state index contributed by atoms with van der Waals surface area (Å²) in [5.41, 5.74) is 0. The molecule has 1 unspecified atom stereocenters. The van der Waals surface area contributed by atoms with E-state index < -0.39 is 12.1 Å². The van der Waals surface area contributed by atoms with Gasteiger partial charge in [0.15, 0.2) is 6.10 Å². The van der Waals surface area contributed by atoms with Crippen LogP contribution >= 0.6 is 0 Å². The van der Waals surface area contributed by atoms with Crippen LogP contribution in [0.5, 0.6) is 0 Å². The molecule has 1 atom stereocenters. The van der Waals surface area contributed by atoms with E-state index in [0.717, 1.165) is 38.5 Å². The van der Waals surface area contributed by atoms with Crippen molar-refractivity contribution < 1.29 is 19.4 Å². The maximum Gasteiger partial charge on any atom is 0.345 e. The standard InChI is InChI=1S/C32H62O4/c1-3-5-7-9-11-13-15-16-17-19-20-22-24-26-28-30(32(34)35)36-31(33)29-27-25-23-21-18-14-12-10-8-6-4-2/h30H,3-29H2,1-2H3,(H,34,35). The summed E-state index contributed by atoms with van der Waals surface area (Å²) in [4.78, 5) is 23.6. The van der Waals surface area contributed by atoms with Crippen molar-refractivity contribution in [1.82, 2.24) is 0 Å². The maximum absolute atomic E-state index is 12.1. The van der Waals surface area contributed by atoms with Crippen LogP contribution in [0, 0.1) is 0 Å². The molecule has 0 aliphatic rings. The topological polar surface area (TPSA) is 63.6 Å². The van der Waals surface area contributed by atoms with Crippen LogP contribution in [-0.4, -0.2) is 23.1 Å². The van der Waals surface area contributed by atoms with Gasteiger partial charge in [-0.1, -0.05) is 162 Å². The van der Waals surface area contributed by atoms with Crippen molar-refractivity contribution in [3.63, 3.8) is 0 Å². The van der Waals surface area contributed by atoms with E-state index in [9.17, 15) is 14.7 Å². The molecular formula is C32H62O4. The van der Waals surface area contributed by atoms with Crippen molar-refractivity contribution in [3.8, 4) is 0 Å². The van der Waals surface area contributed by atoms with Gasteiger partial charge in [0.1, 0.15) is 0 Å². The Hall–Kier alpha value is -1.06. The van der Waals surface area contributed by atoms with Gasteiger partial charge in [0, 0.05) is 6.42 Å². The van der Waals surface area contributed by atoms with E-state index in [-0.39, 0.29) is 5.97 Å². The van der Waals surface area contributed by atoms with Crippen LogP contribution in [0.25, 0.3) is 0 Å². The second-order valence-electron chi connectivity index (χ2n) is 11.0. The Bertz CT molecular complexity index is 477. The molecule has 0 aromatic carbocycles. The summed E-state index contributed by atoms with van der Waals surface area (Å²) in [6.07, 6.45) is 31.3. The van der Waals surface area contributed by atoms with Crippen LogP contribution in [0.2, 0.25) is 0 Å². The van der Waals surface area contributed by atoms with Crippen LogP contribution in [0.1, 0.15) is 187 Å². The SMILES string of the molecule is CCCCCCCCCCCCCCCCC(OC(=O)CCCCCCCCCCCCC)C(=O)O. The molecule has 1 N–H and O–H groups in total. The monoisotopic (exact) mass is 510 g/mol. The van der Waals surface area contributed by atoms with Crippen molar-refractivity contribution in [1.29, 1.82) is 0 Å². The molecule has 0 aromatic heterocycles. The fourth-order valence-corrected chi connectivity index (χ4v) is 4.91. The number of unbranched alkanes of at least 4 members (excludes halogenated alkanes) is 23. The smallest absolute Gasteiger partial charge is 0.345 e. The highest BCUT2D eigenvalue weighted by Crippen LogP contribution is 2.16. The molecule has 0 saturated heterocycles. The van der Waals surface area contributed by atoms with Crippen LogP contribution in [0.4, 0.5) is 0 Å². The zero-order chi connectivity index (χ0) is 26.5. The highest BCUT2D eigenvalue weighted by atomic mass is 16.6. The Kier molecular flexibility index (Phi) is 27.7. The molecule has 0 amide bonds. The minimum Gasteiger partial charge on any atom is -0.479 e. The number of carboxylic acids is 1. The van der Waals surface area contributed by atoms with Crippen LogP contribution in [0.15, 0.2) is 0 Å². The van der Waals surface area contributed by atoms with Gasteiger partial charge in [-0.2, -0.15) is 0 Å². The first-order chi connectivity index (χ1) is 17.6. The van der Waals surface area contributed by atoms with Crippen molar-refractivity contribution >= 4 is 11.9 Å². The first-order valence-electron chi connectivity index (χ1n) is 16.0. The summed E-state index contributed by atoms with van der Waals surface area (Å²) < 4.78 is 5.28. The van der Waals surface area contributed by atoms with Gasteiger partial charge in [0.05, 0.1) is 0 Å². The van der Waals surface area contributed by atoms with E-state index in [1.54, 1.807) is 0 Å². The first kappa shape index (κ1) is 34.9. The average molecular weight is 511 g/mol. The van der Waals surface area contributed by atoms with Gasteiger partial charge in [0.2, 0.25) is 0 Å². The van der Waals surface area contributed by atoms with E-state index in [0.29, 0.717) is 12.8 Å². The Morgan fingerprint density at radius 1 is 0.500 bits per heavy atom. The van der Waals surface area contributed by atoms with Crippen LogP contribution < -0.4 is 0 Å². The summed E-state index contributed by atoms with van der Waals surface area (Å²) >= 11 is 0. The summed E-state index contributed by atoms with van der Waals surface area (Å²) in [5, 5.41) is 9.41. The fraction of sp³-hybridized carbons (Fsp3) is 0.938. The lowest BCUT2D eigenvalue weighted by Gasteiger charge is -2.13. The molecule has 0 saturated carbocycles. The van der Waals surface area contributed by atoms with E-state index in [1.807, 2.05) is 0 Å². The zero-order valence-electron chi connectivity index (χ0n) is 24.3. The highest BCUT2D eigenvalue weighted by Gasteiger charge is 2.21. The molecule has 0 bridgehead atoms. The Labute approximate surface area is 224 Å². The lowest BCUT2D eigenvalue weighted by atomic mass is 10.0. The van der Waals surface area contributed by atoms with E-state index in [4.69, 9.17) is 4.74 Å². The lowest BCUT2D eigenvalue weighted by Crippen LogP contribution is -2.27. The van der Waals surface area contributed by atoms with E-state index >= 15 is 0 Å². The molecular weight excluding hydrogens is 448 g/mol. The first-order valence-corrected chi connectivity index (χ1v) is 16.0. The summed E-state index contributed by atoms with van der Waals surface area (Å²) in [6, 6.07) is 0. The number of rotatable bonds is 29. The average Bonchev–Trinajstić information content (AvgIpc) is 2.86. The summed E-state index contributed by atoms with van der Waals surface area (Å²) in [6.45, 7) is 4.51. The van der Waals surface area contributed by atoms with Crippen LogP contribution in [-0.2, 0) is 14.3 Å². The van der Waals surface area contributed by atoms with Crippen molar-refractivity contribution in [2.75, 3.05) is 0 Å². The predicted molar refractivity (Wildman–Crippen MR) is 154 cm³/mol. The van der Waals surface area contributed by atoms with Crippen molar-refractivity contribution in [2.45, 2.75) is 193 Å². The molecule has 0 aliphatic heterocycles. The maximum atomic E-state index is 12.1. The normalized spacial score (nSPS) is 12.1. The molecule has 0 spiro atoms. The molecule has 0 aliphatic carbocycles. The van der Waals surface area contributed by atoms with Crippen molar-refractivity contribution in [2.24, 2.45) is 0 Å². The minimum absolute atomic E-state index is 0.344. The Morgan fingerprint density at radius 2 is 0.806 bits per heavy atom. The highest BCUT2D eigenvalue weighted by molar-refractivity contribution is 5.77. The molecule has 0 aromatic rings. The van der Waals surface area contributed by atoms with Crippen LogP contribution in [0.3, 0.4) is 0 Å². The fourth-order valence-electron chi connectivity index (χ4n) is 4.91. The largest absolute Gasteiger partial charge is 0.479 e. The number of carbonyl (C=O) groups excluding carboxylic acids is 1. The van der Waals surface area contributed by atoms with Gasteiger partial charge in [-0.25, -0.2) is 4.79 Å². The summed E-state index contributed by atoms with van der Waals surface area (Å²) in [5.74, 6) is -1.35. The number of esters is 1. The van der Waals surface area contributed by atoms with E-state index in [1.165, 1.54) is 122 Å². The molecule has 214 valence electrons. The predicted octanol–water partition coefficient (Wildman–Crippen LogP) is 10.6. The Morgan fingerprint density at radius 3 is 1.14 bits per heavy atom. The zero-order valence-corrected chi connectivity index (χ0v) is 24.3. The van der Waals surface area contributed by atoms with Gasteiger partial charge in [-0.15, -0.1) is 0 Å². The number of carbonyl (C=O) groups is 2. The molecule has 4 nitrogen and oxygen atoms in total. The van der Waals surface area contributed by atoms with Crippen molar-refractivity contribution in [3.05, 3.63) is 0 Å². The van der Waals surface area contributed by atoms with Gasteiger partial charge < -0.3 is 9.84 Å². The lowest BCUT2D eigenvalue weighted by molar-refractivity contribution is -0.164. The number of ether oxygens (including phenoxy) is 1. The molecule has 4 heteroatoms. The Balaban J connectivity index is 3.56. The quantitative estimate of drug-likeness (QED) is 0.0802. The molecule has 36 heavy (non-hydrogen) atoms. The second kappa shape index (κ2) is 28.5. The van der Waals surface area contributed by atoms with Gasteiger partial charge in [-0.05, 0) is 19.3 Å². The third-order valence-electron chi connectivity index (χ3n) is 7.35.